The van der Waals surface area contributed by atoms with Crippen LogP contribution in [0.2, 0.25) is 0 Å². The van der Waals surface area contributed by atoms with Gasteiger partial charge in [0.1, 0.15) is 0 Å². The number of hydrogen-bond donors (Lipinski definition) is 0. The Balaban J connectivity index is 1.52. The molecule has 0 aromatic rings. The summed E-state index contributed by atoms with van der Waals surface area (Å²) in [5.41, 5.74) is 4.60. The average Bonchev–Trinajstić information content (AvgIpc) is 2.99. The van der Waals surface area contributed by atoms with Crippen LogP contribution in [0.5, 0.6) is 0 Å². The molecule has 4 fully saturated rings. The SMILES string of the molecule is CC(C)[C@H]1CC=C2[C@H]3CC[C@@H]4[C@@]5(C)CCCC(C)(C)[C@@H]5CC[C@@]4(C)[C@]3(C)CC[C@@]21C. The normalized spacial score (nSPS) is 54.6. The molecule has 170 valence electrons. The molecule has 0 saturated heterocycles. The first-order valence-corrected chi connectivity index (χ1v) is 13.6. The van der Waals surface area contributed by atoms with E-state index in [9.17, 15) is 0 Å². The third-order valence-corrected chi connectivity index (χ3v) is 13.0. The molecule has 0 heterocycles. The molecular formula is C30H50. The number of fused-ring (bicyclic) bond motifs is 7. The second-order valence-corrected chi connectivity index (χ2v) is 14.6. The van der Waals surface area contributed by atoms with Crippen LogP contribution in [0.1, 0.15) is 120 Å². The van der Waals surface area contributed by atoms with Crippen molar-refractivity contribution in [1.82, 2.24) is 0 Å². The third kappa shape index (κ3) is 2.46. The molecule has 5 aliphatic carbocycles. The minimum Gasteiger partial charge on any atom is -0.0842 e. The average molecular weight is 411 g/mol. The summed E-state index contributed by atoms with van der Waals surface area (Å²) in [5.74, 6) is 4.45. The van der Waals surface area contributed by atoms with Crippen LogP contribution in [0.15, 0.2) is 11.6 Å². The molecule has 8 atom stereocenters. The maximum absolute atomic E-state index is 2.78. The van der Waals surface area contributed by atoms with Crippen molar-refractivity contribution in [3.63, 3.8) is 0 Å². The van der Waals surface area contributed by atoms with E-state index < -0.39 is 0 Å². The molecule has 4 saturated carbocycles. The predicted octanol–water partition coefficient (Wildman–Crippen LogP) is 9.05. The molecule has 0 aromatic heterocycles. The predicted molar refractivity (Wildman–Crippen MR) is 129 cm³/mol. The number of hydrogen-bond acceptors (Lipinski definition) is 0. The highest BCUT2D eigenvalue weighted by atomic mass is 14.7. The highest BCUT2D eigenvalue weighted by Crippen LogP contribution is 2.76. The summed E-state index contributed by atoms with van der Waals surface area (Å²) in [4.78, 5) is 0. The fourth-order valence-corrected chi connectivity index (χ4v) is 11.3. The molecule has 0 aromatic carbocycles. The molecule has 0 aliphatic heterocycles. The molecule has 0 bridgehead atoms. The Hall–Kier alpha value is -0.260. The highest BCUT2D eigenvalue weighted by Gasteiger charge is 2.68. The molecule has 0 heteroatoms. The lowest BCUT2D eigenvalue weighted by Crippen LogP contribution is -2.64. The second kappa shape index (κ2) is 6.41. The van der Waals surface area contributed by atoms with Gasteiger partial charge in [0.05, 0.1) is 0 Å². The fourth-order valence-electron chi connectivity index (χ4n) is 11.3. The zero-order valence-electron chi connectivity index (χ0n) is 21.5. The van der Waals surface area contributed by atoms with Gasteiger partial charge in [-0.05, 0) is 114 Å². The van der Waals surface area contributed by atoms with E-state index in [0.717, 1.165) is 29.6 Å². The Morgan fingerprint density at radius 3 is 2.20 bits per heavy atom. The zero-order valence-corrected chi connectivity index (χ0v) is 21.5. The Bertz CT molecular complexity index is 741. The minimum atomic E-state index is 0.496. The van der Waals surface area contributed by atoms with Crippen LogP contribution in [-0.2, 0) is 0 Å². The standard InChI is InChI=1S/C30H50/c1-20(2)21-10-11-22-23-12-13-25-28(6)16-9-15-26(3,4)24(28)14-17-30(25,8)29(23,7)19-18-27(21,22)5/h11,20-21,23-25H,9-10,12-19H2,1-8H3/t21-,23-,24+,25-,27-,28+,29-,30-/m1/s1. The summed E-state index contributed by atoms with van der Waals surface area (Å²) >= 11 is 0. The maximum atomic E-state index is 2.78. The molecule has 5 aliphatic rings. The largest absolute Gasteiger partial charge is 0.0842 e. The molecule has 0 nitrogen and oxygen atoms in total. The molecule has 5 rings (SSSR count). The van der Waals surface area contributed by atoms with E-state index in [1.165, 1.54) is 64.2 Å². The van der Waals surface area contributed by atoms with E-state index in [4.69, 9.17) is 0 Å². The van der Waals surface area contributed by atoms with Crippen molar-refractivity contribution in [3.05, 3.63) is 11.6 Å². The summed E-state index contributed by atoms with van der Waals surface area (Å²) in [6.45, 7) is 21.1. The molecule has 0 amide bonds. The Morgan fingerprint density at radius 1 is 0.767 bits per heavy atom. The van der Waals surface area contributed by atoms with Crippen molar-refractivity contribution in [2.45, 2.75) is 120 Å². The Labute approximate surface area is 188 Å². The summed E-state index contributed by atoms with van der Waals surface area (Å²) in [6.07, 6.45) is 17.4. The second-order valence-electron chi connectivity index (χ2n) is 14.6. The van der Waals surface area contributed by atoms with E-state index in [0.29, 0.717) is 27.1 Å². The van der Waals surface area contributed by atoms with E-state index in [2.05, 4.69) is 61.5 Å². The topological polar surface area (TPSA) is 0 Å². The van der Waals surface area contributed by atoms with Crippen molar-refractivity contribution < 1.29 is 0 Å². The van der Waals surface area contributed by atoms with Gasteiger partial charge in [0, 0.05) is 0 Å². The molecule has 0 spiro atoms. The van der Waals surface area contributed by atoms with Gasteiger partial charge in [0.15, 0.2) is 0 Å². The van der Waals surface area contributed by atoms with Crippen molar-refractivity contribution in [2.24, 2.45) is 56.7 Å². The summed E-state index contributed by atoms with van der Waals surface area (Å²) in [5, 5.41) is 0. The lowest BCUT2D eigenvalue weighted by molar-refractivity contribution is -0.212. The maximum Gasteiger partial charge on any atom is -0.00796 e. The third-order valence-electron chi connectivity index (χ3n) is 13.0. The van der Waals surface area contributed by atoms with Gasteiger partial charge in [-0.15, -0.1) is 0 Å². The first kappa shape index (κ1) is 21.6. The number of rotatable bonds is 1. The van der Waals surface area contributed by atoms with Crippen molar-refractivity contribution in [3.8, 4) is 0 Å². The molecular weight excluding hydrogens is 360 g/mol. The first-order chi connectivity index (χ1) is 13.9. The van der Waals surface area contributed by atoms with Crippen LogP contribution in [0.3, 0.4) is 0 Å². The first-order valence-electron chi connectivity index (χ1n) is 13.6. The van der Waals surface area contributed by atoms with Crippen molar-refractivity contribution in [2.75, 3.05) is 0 Å². The van der Waals surface area contributed by atoms with Crippen LogP contribution < -0.4 is 0 Å². The zero-order chi connectivity index (χ0) is 21.7. The number of allylic oxidation sites excluding steroid dienone is 2. The Morgan fingerprint density at radius 2 is 1.50 bits per heavy atom. The lowest BCUT2D eigenvalue weighted by Gasteiger charge is -2.72. The van der Waals surface area contributed by atoms with Gasteiger partial charge in [0.2, 0.25) is 0 Å². The van der Waals surface area contributed by atoms with E-state index >= 15 is 0 Å². The smallest absolute Gasteiger partial charge is 0.00796 e. The van der Waals surface area contributed by atoms with Gasteiger partial charge in [-0.3, -0.25) is 0 Å². The van der Waals surface area contributed by atoms with E-state index in [-0.39, 0.29) is 0 Å². The van der Waals surface area contributed by atoms with Gasteiger partial charge in [-0.1, -0.05) is 73.5 Å². The van der Waals surface area contributed by atoms with Gasteiger partial charge in [-0.2, -0.15) is 0 Å². The summed E-state index contributed by atoms with van der Waals surface area (Å²) in [6, 6.07) is 0. The molecule has 0 unspecified atom stereocenters. The molecule has 0 radical (unpaired) electrons. The van der Waals surface area contributed by atoms with Crippen LogP contribution in [0, 0.1) is 56.7 Å². The molecule has 0 N–H and O–H groups in total. The van der Waals surface area contributed by atoms with Crippen LogP contribution in [0.4, 0.5) is 0 Å². The summed E-state index contributed by atoms with van der Waals surface area (Å²) < 4.78 is 0. The monoisotopic (exact) mass is 410 g/mol. The van der Waals surface area contributed by atoms with E-state index in [1.54, 1.807) is 0 Å². The minimum absolute atomic E-state index is 0.496. The van der Waals surface area contributed by atoms with Gasteiger partial charge in [0.25, 0.3) is 0 Å². The highest BCUT2D eigenvalue weighted by molar-refractivity contribution is 5.32. The fraction of sp³-hybridized carbons (Fsp3) is 0.933. The van der Waals surface area contributed by atoms with Gasteiger partial charge in [-0.25, -0.2) is 0 Å². The Kier molecular flexibility index (Phi) is 4.61. The van der Waals surface area contributed by atoms with E-state index in [1.807, 2.05) is 5.57 Å². The van der Waals surface area contributed by atoms with Gasteiger partial charge < -0.3 is 0 Å². The van der Waals surface area contributed by atoms with Crippen molar-refractivity contribution >= 4 is 0 Å². The lowest BCUT2D eigenvalue weighted by atomic mass is 9.33. The van der Waals surface area contributed by atoms with Crippen LogP contribution in [0.25, 0.3) is 0 Å². The quantitative estimate of drug-likeness (QED) is 0.378. The van der Waals surface area contributed by atoms with Crippen LogP contribution in [-0.4, -0.2) is 0 Å². The van der Waals surface area contributed by atoms with Gasteiger partial charge >= 0.3 is 0 Å². The summed E-state index contributed by atoms with van der Waals surface area (Å²) in [7, 11) is 0. The van der Waals surface area contributed by atoms with Crippen LogP contribution >= 0.6 is 0 Å². The van der Waals surface area contributed by atoms with Crippen molar-refractivity contribution in [1.29, 1.82) is 0 Å². The molecule has 30 heavy (non-hydrogen) atoms.